The Kier molecular flexibility index (Phi) is 3.53. The van der Waals surface area contributed by atoms with Crippen molar-refractivity contribution in [3.05, 3.63) is 0 Å². The van der Waals surface area contributed by atoms with E-state index in [2.05, 4.69) is 14.7 Å². The molecule has 0 radical (unpaired) electrons. The fraction of sp³-hybridized carbons (Fsp3) is 1.00. The van der Waals surface area contributed by atoms with Gasteiger partial charge >= 0.3 is 0 Å². The highest BCUT2D eigenvalue weighted by molar-refractivity contribution is 5.06. The number of hydrogen-bond donors (Lipinski definition) is 1. The lowest BCUT2D eigenvalue weighted by molar-refractivity contribution is 0.113. The Bertz CT molecular complexity index is 350. The van der Waals surface area contributed by atoms with Crippen molar-refractivity contribution in [2.75, 3.05) is 45.8 Å². The maximum absolute atomic E-state index is 6.25. The fourth-order valence-electron chi connectivity index (χ4n) is 4.77. The van der Waals surface area contributed by atoms with E-state index in [1.165, 1.54) is 77.8 Å². The van der Waals surface area contributed by atoms with E-state index in [1.54, 1.807) is 0 Å². The van der Waals surface area contributed by atoms with E-state index >= 15 is 0 Å². The molecule has 0 bridgehead atoms. The summed E-state index contributed by atoms with van der Waals surface area (Å²) in [5.41, 5.74) is 6.55. The number of nitrogens with two attached hydrogens (primary N) is 1. The van der Waals surface area contributed by atoms with Crippen LogP contribution < -0.4 is 5.73 Å². The molecule has 2 N–H and O–H groups in total. The van der Waals surface area contributed by atoms with Crippen molar-refractivity contribution in [1.29, 1.82) is 0 Å². The number of likely N-dealkylation sites (tertiary alicyclic amines) is 3. The second-order valence-corrected chi connectivity index (χ2v) is 7.51. The smallest absolute Gasteiger partial charge is 0.0471 e. The molecule has 3 aliphatic heterocycles. The first-order valence-corrected chi connectivity index (χ1v) is 8.74. The SMILES string of the molecule is NCC1(N2CCC(N3CCCC3)C2)CCN(C2CC2)C1. The molecule has 4 fully saturated rings. The van der Waals surface area contributed by atoms with Gasteiger partial charge in [0.15, 0.2) is 0 Å². The quantitative estimate of drug-likeness (QED) is 0.822. The van der Waals surface area contributed by atoms with Crippen LogP contribution in [-0.4, -0.2) is 78.1 Å². The van der Waals surface area contributed by atoms with Crippen molar-refractivity contribution in [3.63, 3.8) is 0 Å². The summed E-state index contributed by atoms with van der Waals surface area (Å²) in [4.78, 5) is 8.21. The van der Waals surface area contributed by atoms with Crippen LogP contribution in [0.1, 0.15) is 38.5 Å². The van der Waals surface area contributed by atoms with Crippen LogP contribution in [0.25, 0.3) is 0 Å². The van der Waals surface area contributed by atoms with E-state index < -0.39 is 0 Å². The molecular weight excluding hydrogens is 248 g/mol. The van der Waals surface area contributed by atoms with Gasteiger partial charge in [-0.3, -0.25) is 14.7 Å². The highest BCUT2D eigenvalue weighted by atomic mass is 15.4. The van der Waals surface area contributed by atoms with Crippen LogP contribution >= 0.6 is 0 Å². The van der Waals surface area contributed by atoms with Gasteiger partial charge in [-0.15, -0.1) is 0 Å². The normalized spacial score (nSPS) is 41.0. The molecule has 0 amide bonds. The summed E-state index contributed by atoms with van der Waals surface area (Å²) in [6, 6.07) is 1.72. The van der Waals surface area contributed by atoms with E-state index in [4.69, 9.17) is 5.73 Å². The Hall–Kier alpha value is -0.160. The second-order valence-electron chi connectivity index (χ2n) is 7.51. The van der Waals surface area contributed by atoms with Gasteiger partial charge in [-0.05, 0) is 51.6 Å². The van der Waals surface area contributed by atoms with Gasteiger partial charge in [-0.2, -0.15) is 0 Å². The molecule has 114 valence electrons. The van der Waals surface area contributed by atoms with Crippen molar-refractivity contribution in [2.24, 2.45) is 5.73 Å². The van der Waals surface area contributed by atoms with Gasteiger partial charge in [0.25, 0.3) is 0 Å². The molecule has 0 aromatic carbocycles. The van der Waals surface area contributed by atoms with E-state index in [-0.39, 0.29) is 0 Å². The Morgan fingerprint density at radius 3 is 2.40 bits per heavy atom. The first-order valence-electron chi connectivity index (χ1n) is 8.74. The Morgan fingerprint density at radius 1 is 0.900 bits per heavy atom. The van der Waals surface area contributed by atoms with E-state index in [9.17, 15) is 0 Å². The van der Waals surface area contributed by atoms with Gasteiger partial charge in [0, 0.05) is 50.3 Å². The molecule has 2 unspecified atom stereocenters. The zero-order valence-electron chi connectivity index (χ0n) is 12.8. The lowest BCUT2D eigenvalue weighted by atomic mass is 9.96. The average molecular weight is 278 g/mol. The molecule has 0 aromatic heterocycles. The number of hydrogen-bond acceptors (Lipinski definition) is 4. The highest BCUT2D eigenvalue weighted by Crippen LogP contribution is 2.37. The van der Waals surface area contributed by atoms with Gasteiger partial charge in [0.1, 0.15) is 0 Å². The summed E-state index contributed by atoms with van der Waals surface area (Å²) in [5.74, 6) is 0. The predicted molar refractivity (Wildman–Crippen MR) is 81.8 cm³/mol. The van der Waals surface area contributed by atoms with E-state index in [0.29, 0.717) is 5.54 Å². The van der Waals surface area contributed by atoms with Gasteiger partial charge in [0.05, 0.1) is 0 Å². The number of rotatable bonds is 4. The molecule has 2 atom stereocenters. The summed E-state index contributed by atoms with van der Waals surface area (Å²) < 4.78 is 0. The average Bonchev–Trinajstić information content (AvgIpc) is 2.94. The zero-order valence-corrected chi connectivity index (χ0v) is 12.8. The van der Waals surface area contributed by atoms with Crippen molar-refractivity contribution in [1.82, 2.24) is 14.7 Å². The predicted octanol–water partition coefficient (Wildman–Crippen LogP) is 0.722. The third-order valence-corrected chi connectivity index (χ3v) is 6.30. The molecule has 20 heavy (non-hydrogen) atoms. The monoisotopic (exact) mass is 278 g/mol. The standard InChI is InChI=1S/C16H30N4/c17-12-16(6-10-19(13-16)14-3-4-14)20-9-5-15(11-20)18-7-1-2-8-18/h14-15H,1-13,17H2. The van der Waals surface area contributed by atoms with Crippen LogP contribution in [0.3, 0.4) is 0 Å². The van der Waals surface area contributed by atoms with Crippen molar-refractivity contribution < 1.29 is 0 Å². The van der Waals surface area contributed by atoms with Gasteiger partial charge in [-0.25, -0.2) is 0 Å². The minimum Gasteiger partial charge on any atom is -0.329 e. The maximum Gasteiger partial charge on any atom is 0.0471 e. The van der Waals surface area contributed by atoms with Crippen LogP contribution in [0, 0.1) is 0 Å². The molecule has 1 saturated carbocycles. The second kappa shape index (κ2) is 5.24. The molecule has 0 aromatic rings. The van der Waals surface area contributed by atoms with Crippen molar-refractivity contribution >= 4 is 0 Å². The van der Waals surface area contributed by atoms with Gasteiger partial charge in [0.2, 0.25) is 0 Å². The third-order valence-electron chi connectivity index (χ3n) is 6.30. The molecule has 1 aliphatic carbocycles. The molecule has 3 heterocycles. The van der Waals surface area contributed by atoms with Crippen molar-refractivity contribution in [2.45, 2.75) is 56.1 Å². The van der Waals surface area contributed by atoms with Crippen LogP contribution in [0.5, 0.6) is 0 Å². The largest absolute Gasteiger partial charge is 0.329 e. The summed E-state index contributed by atoms with van der Waals surface area (Å²) in [6.07, 6.45) is 8.34. The summed E-state index contributed by atoms with van der Waals surface area (Å²) in [5, 5.41) is 0. The van der Waals surface area contributed by atoms with Gasteiger partial charge in [-0.1, -0.05) is 0 Å². The topological polar surface area (TPSA) is 35.7 Å². The molecule has 4 nitrogen and oxygen atoms in total. The Morgan fingerprint density at radius 2 is 1.70 bits per heavy atom. The van der Waals surface area contributed by atoms with Crippen LogP contribution in [-0.2, 0) is 0 Å². The maximum atomic E-state index is 6.25. The molecule has 3 saturated heterocycles. The zero-order chi connectivity index (χ0) is 13.6. The lowest BCUT2D eigenvalue weighted by Crippen LogP contribution is -2.55. The molecule has 4 aliphatic rings. The molecule has 0 spiro atoms. The van der Waals surface area contributed by atoms with Crippen molar-refractivity contribution in [3.8, 4) is 0 Å². The first kappa shape index (κ1) is 13.5. The minimum atomic E-state index is 0.303. The van der Waals surface area contributed by atoms with E-state index in [0.717, 1.165) is 18.6 Å². The minimum absolute atomic E-state index is 0.303. The van der Waals surface area contributed by atoms with Gasteiger partial charge < -0.3 is 5.73 Å². The Balaban J connectivity index is 1.40. The van der Waals surface area contributed by atoms with Crippen LogP contribution in [0.4, 0.5) is 0 Å². The van der Waals surface area contributed by atoms with Crippen LogP contribution in [0.15, 0.2) is 0 Å². The summed E-state index contributed by atoms with van der Waals surface area (Å²) in [6.45, 7) is 8.59. The molecular formula is C16H30N4. The number of nitrogens with zero attached hydrogens (tertiary/aromatic N) is 3. The summed E-state index contributed by atoms with van der Waals surface area (Å²) in [7, 11) is 0. The Labute approximate surface area is 123 Å². The lowest BCUT2D eigenvalue weighted by Gasteiger charge is -2.38. The fourth-order valence-corrected chi connectivity index (χ4v) is 4.77. The third kappa shape index (κ3) is 2.31. The first-order chi connectivity index (χ1) is 9.81. The highest BCUT2D eigenvalue weighted by Gasteiger charge is 2.48. The van der Waals surface area contributed by atoms with Crippen LogP contribution in [0.2, 0.25) is 0 Å². The molecule has 4 heteroatoms. The van der Waals surface area contributed by atoms with E-state index in [1.807, 2.05) is 0 Å². The summed E-state index contributed by atoms with van der Waals surface area (Å²) >= 11 is 0. The molecule has 4 rings (SSSR count).